The maximum absolute atomic E-state index is 11.6. The number of carboxylic acids is 1. The third-order valence-electron chi connectivity index (χ3n) is 4.31. The molecule has 3 rings (SSSR count). The predicted octanol–water partition coefficient (Wildman–Crippen LogP) is 0.922. The molecule has 0 spiro atoms. The zero-order valence-electron chi connectivity index (χ0n) is 18.5. The van der Waals surface area contributed by atoms with Gasteiger partial charge in [-0.25, -0.2) is 9.78 Å². The summed E-state index contributed by atoms with van der Waals surface area (Å²) in [6.07, 6.45) is 5.28. The molecule has 0 bridgehead atoms. The number of carbonyl (C=O) groups is 1. The SMILES string of the molecule is C[Si](C)(C)CCOCn1cc(-c2cnn(Cc3ccccc3)c2)nc1C(=O)O.[H-].[Li+]. The van der Waals surface area contributed by atoms with Crippen LogP contribution in [0.2, 0.25) is 25.7 Å². The Balaban J connectivity index is 0.00000225. The first-order valence-corrected chi connectivity index (χ1v) is 13.0. The van der Waals surface area contributed by atoms with Gasteiger partial charge in [-0.1, -0.05) is 50.0 Å². The largest absolute Gasteiger partial charge is 1.00 e. The third kappa shape index (κ3) is 6.72. The van der Waals surface area contributed by atoms with E-state index in [9.17, 15) is 9.90 Å². The fourth-order valence-electron chi connectivity index (χ4n) is 2.72. The zero-order valence-corrected chi connectivity index (χ0v) is 18.5. The molecule has 1 aromatic carbocycles. The number of benzene rings is 1. The van der Waals surface area contributed by atoms with Crippen molar-refractivity contribution in [2.45, 2.75) is 39.0 Å². The number of carboxylic acid groups (broad SMARTS) is 1. The summed E-state index contributed by atoms with van der Waals surface area (Å²) in [6.45, 7) is 8.28. The number of imidazole rings is 1. The van der Waals surface area contributed by atoms with Gasteiger partial charge in [-0.3, -0.25) is 4.68 Å². The number of aromatic carboxylic acids is 1. The topological polar surface area (TPSA) is 82.2 Å². The predicted molar refractivity (Wildman–Crippen MR) is 111 cm³/mol. The van der Waals surface area contributed by atoms with Gasteiger partial charge < -0.3 is 15.8 Å². The van der Waals surface area contributed by atoms with E-state index in [0.29, 0.717) is 18.8 Å². The number of hydrogen-bond acceptors (Lipinski definition) is 4. The average Bonchev–Trinajstić information content (AvgIpc) is 3.26. The second-order valence-electron chi connectivity index (χ2n) is 7.98. The van der Waals surface area contributed by atoms with E-state index >= 15 is 0 Å². The summed E-state index contributed by atoms with van der Waals surface area (Å²) >= 11 is 0. The van der Waals surface area contributed by atoms with Gasteiger partial charge in [0.1, 0.15) is 6.73 Å². The van der Waals surface area contributed by atoms with E-state index in [1.807, 2.05) is 41.2 Å². The molecule has 29 heavy (non-hydrogen) atoms. The van der Waals surface area contributed by atoms with Crippen molar-refractivity contribution in [1.29, 1.82) is 0 Å². The van der Waals surface area contributed by atoms with Crippen molar-refractivity contribution in [3.8, 4) is 11.3 Å². The van der Waals surface area contributed by atoms with E-state index in [2.05, 4.69) is 29.7 Å². The van der Waals surface area contributed by atoms with E-state index in [1.165, 1.54) is 4.57 Å². The van der Waals surface area contributed by atoms with Gasteiger partial charge in [0.15, 0.2) is 0 Å². The molecule has 0 fully saturated rings. The fourth-order valence-corrected chi connectivity index (χ4v) is 3.47. The van der Waals surface area contributed by atoms with Gasteiger partial charge in [-0.2, -0.15) is 5.10 Å². The first kappa shape index (κ1) is 23.2. The van der Waals surface area contributed by atoms with Crippen LogP contribution < -0.4 is 18.9 Å². The van der Waals surface area contributed by atoms with Crippen molar-refractivity contribution < 1.29 is 34.9 Å². The smallest absolute Gasteiger partial charge is 1.00 e. The Morgan fingerprint density at radius 1 is 1.21 bits per heavy atom. The molecule has 2 heterocycles. The molecular weight excluding hydrogens is 379 g/mol. The van der Waals surface area contributed by atoms with Gasteiger partial charge >= 0.3 is 24.8 Å². The van der Waals surface area contributed by atoms with Crippen LogP contribution in [0, 0.1) is 0 Å². The summed E-state index contributed by atoms with van der Waals surface area (Å²) < 4.78 is 9.05. The van der Waals surface area contributed by atoms with Crippen LogP contribution in [0.1, 0.15) is 17.6 Å². The molecule has 150 valence electrons. The van der Waals surface area contributed by atoms with Crippen LogP contribution >= 0.6 is 0 Å². The molecule has 0 unspecified atom stereocenters. The maximum atomic E-state index is 11.6. The van der Waals surface area contributed by atoms with Gasteiger partial charge in [0.2, 0.25) is 5.82 Å². The quantitative estimate of drug-likeness (QED) is 0.422. The molecule has 0 aliphatic heterocycles. The van der Waals surface area contributed by atoms with Crippen LogP contribution in [0.5, 0.6) is 0 Å². The Morgan fingerprint density at radius 3 is 2.59 bits per heavy atom. The minimum Gasteiger partial charge on any atom is -1.00 e. The Bertz CT molecular complexity index is 941. The standard InChI is InChI=1S/C20H26N4O3Si.Li.H/c1-28(2,3)10-9-27-15-23-14-18(22-19(23)20(25)26)17-11-21-24(13-17)12-16-7-5-4-6-8-16;;/h4-8,11,13-14H,9-10,12,15H2,1-3H3,(H,25,26);;/q;+1;-1. The van der Waals surface area contributed by atoms with Crippen LogP contribution in [-0.4, -0.2) is 45.1 Å². The van der Waals surface area contributed by atoms with Gasteiger partial charge in [0.05, 0.1) is 18.4 Å². The van der Waals surface area contributed by atoms with Gasteiger partial charge in [-0.15, -0.1) is 0 Å². The second-order valence-corrected chi connectivity index (χ2v) is 13.6. The Hall–Kier alpha value is -2.12. The van der Waals surface area contributed by atoms with Gasteiger partial charge in [0, 0.05) is 32.6 Å². The first-order valence-electron chi connectivity index (χ1n) is 9.27. The van der Waals surface area contributed by atoms with Crippen molar-refractivity contribution in [1.82, 2.24) is 19.3 Å². The molecule has 0 saturated heterocycles. The van der Waals surface area contributed by atoms with Crippen molar-refractivity contribution in [3.05, 3.63) is 60.3 Å². The molecule has 0 aliphatic rings. The van der Waals surface area contributed by atoms with Crippen molar-refractivity contribution in [3.63, 3.8) is 0 Å². The number of nitrogens with zero attached hydrogens (tertiary/aromatic N) is 4. The molecule has 0 radical (unpaired) electrons. The molecule has 0 atom stereocenters. The number of hydrogen-bond donors (Lipinski definition) is 1. The normalized spacial score (nSPS) is 11.3. The van der Waals surface area contributed by atoms with Crippen molar-refractivity contribution in [2.75, 3.05) is 6.61 Å². The van der Waals surface area contributed by atoms with E-state index in [1.54, 1.807) is 12.4 Å². The fraction of sp³-hybridized carbons (Fsp3) is 0.350. The zero-order chi connectivity index (χ0) is 20.1. The average molecular weight is 406 g/mol. The monoisotopic (exact) mass is 406 g/mol. The van der Waals surface area contributed by atoms with Crippen LogP contribution in [0.3, 0.4) is 0 Å². The summed E-state index contributed by atoms with van der Waals surface area (Å²) in [7, 11) is -1.19. The first-order chi connectivity index (χ1) is 13.3. The number of aromatic nitrogens is 4. The minimum absolute atomic E-state index is 0. The Morgan fingerprint density at radius 2 is 1.93 bits per heavy atom. The van der Waals surface area contributed by atoms with Crippen LogP contribution in [-0.2, 0) is 18.0 Å². The van der Waals surface area contributed by atoms with Crippen molar-refractivity contribution in [2.24, 2.45) is 0 Å². The molecule has 3 aromatic rings. The summed E-state index contributed by atoms with van der Waals surface area (Å²) in [5.41, 5.74) is 2.49. The van der Waals surface area contributed by atoms with E-state index in [-0.39, 0.29) is 32.8 Å². The molecule has 9 heteroatoms. The van der Waals surface area contributed by atoms with Crippen LogP contribution in [0.15, 0.2) is 48.9 Å². The molecule has 0 amide bonds. The van der Waals surface area contributed by atoms with Crippen LogP contribution in [0.25, 0.3) is 11.3 Å². The molecular formula is C20H27LiN4O3Si. The molecule has 1 N–H and O–H groups in total. The molecule has 0 saturated carbocycles. The Labute approximate surface area is 185 Å². The molecule has 0 aliphatic carbocycles. The van der Waals surface area contributed by atoms with Gasteiger partial charge in [0.25, 0.3) is 0 Å². The van der Waals surface area contributed by atoms with Crippen LogP contribution in [0.4, 0.5) is 0 Å². The summed E-state index contributed by atoms with van der Waals surface area (Å²) in [5, 5.41) is 13.8. The van der Waals surface area contributed by atoms with E-state index in [0.717, 1.165) is 17.2 Å². The van der Waals surface area contributed by atoms with E-state index < -0.39 is 14.0 Å². The molecule has 2 aromatic heterocycles. The third-order valence-corrected chi connectivity index (χ3v) is 6.02. The molecule has 7 nitrogen and oxygen atoms in total. The minimum atomic E-state index is -1.19. The summed E-state index contributed by atoms with van der Waals surface area (Å²) in [4.78, 5) is 15.8. The number of rotatable bonds is 9. The van der Waals surface area contributed by atoms with E-state index in [4.69, 9.17) is 4.74 Å². The number of ether oxygens (including phenoxy) is 1. The summed E-state index contributed by atoms with van der Waals surface area (Å²) in [5.74, 6) is -1.10. The van der Waals surface area contributed by atoms with Gasteiger partial charge in [-0.05, 0) is 11.6 Å². The van der Waals surface area contributed by atoms with Crippen molar-refractivity contribution >= 4 is 14.0 Å². The summed E-state index contributed by atoms with van der Waals surface area (Å²) in [6, 6.07) is 11.1. The second kappa shape index (κ2) is 10.1. The Kier molecular flexibility index (Phi) is 8.05. The maximum Gasteiger partial charge on any atom is 1.00 e.